The minimum atomic E-state index is 0.694. The maximum absolute atomic E-state index is 3.32. The van der Waals surface area contributed by atoms with Crippen LogP contribution in [0.4, 0.5) is 5.69 Å². The molecule has 59 valence electrons. The average molecular weight is 148 g/mol. The van der Waals surface area contributed by atoms with Crippen LogP contribution in [0.5, 0.6) is 0 Å². The van der Waals surface area contributed by atoms with Crippen molar-refractivity contribution in [1.82, 2.24) is 0 Å². The normalized spacial score (nSPS) is 10.1. The van der Waals surface area contributed by atoms with Crippen LogP contribution in [0, 0.1) is 12.0 Å². The molecule has 1 aromatic rings. The van der Waals surface area contributed by atoms with Crippen LogP contribution in [0.25, 0.3) is 0 Å². The maximum atomic E-state index is 3.32. The summed E-state index contributed by atoms with van der Waals surface area (Å²) in [5.41, 5.74) is 1.18. The molecule has 1 nitrogen and oxygen atoms in total. The van der Waals surface area contributed by atoms with E-state index in [1.165, 1.54) is 5.69 Å². The summed E-state index contributed by atoms with van der Waals surface area (Å²) in [6.45, 7) is 5.42. The summed E-state index contributed by atoms with van der Waals surface area (Å²) in [7, 11) is 0. The molecule has 0 atom stereocenters. The second-order valence-electron chi connectivity index (χ2n) is 3.06. The Bertz CT molecular complexity index is 191. The van der Waals surface area contributed by atoms with Gasteiger partial charge in [-0.2, -0.15) is 0 Å². The molecule has 0 heterocycles. The van der Waals surface area contributed by atoms with E-state index in [-0.39, 0.29) is 0 Å². The zero-order chi connectivity index (χ0) is 8.10. The van der Waals surface area contributed by atoms with Crippen molar-refractivity contribution in [3.8, 4) is 0 Å². The highest BCUT2D eigenvalue weighted by molar-refractivity contribution is 5.41. The molecule has 1 aromatic carbocycles. The molecule has 1 N–H and O–H groups in total. The van der Waals surface area contributed by atoms with Crippen LogP contribution < -0.4 is 5.32 Å². The molecule has 1 heteroatoms. The van der Waals surface area contributed by atoms with Crippen molar-refractivity contribution < 1.29 is 0 Å². The van der Waals surface area contributed by atoms with Crippen LogP contribution in [-0.2, 0) is 0 Å². The van der Waals surface area contributed by atoms with Crippen LogP contribution in [0.3, 0.4) is 0 Å². The Balaban J connectivity index is 2.39. The van der Waals surface area contributed by atoms with Gasteiger partial charge in [-0.15, -0.1) is 0 Å². The fraction of sp³-hybridized carbons (Fsp3) is 0.400. The summed E-state index contributed by atoms with van der Waals surface area (Å²) >= 11 is 0. The number of hydrogen-bond donors (Lipinski definition) is 1. The summed E-state index contributed by atoms with van der Waals surface area (Å²) in [6.07, 6.45) is 0. The van der Waals surface area contributed by atoms with Crippen molar-refractivity contribution in [2.24, 2.45) is 5.92 Å². The second kappa shape index (κ2) is 4.02. The molecule has 0 aliphatic carbocycles. The highest BCUT2D eigenvalue weighted by Gasteiger charge is 1.92. The number of benzene rings is 1. The van der Waals surface area contributed by atoms with Gasteiger partial charge >= 0.3 is 0 Å². The summed E-state index contributed by atoms with van der Waals surface area (Å²) in [5, 5.41) is 3.32. The van der Waals surface area contributed by atoms with E-state index in [2.05, 4.69) is 25.2 Å². The first kappa shape index (κ1) is 8.12. The van der Waals surface area contributed by atoms with Gasteiger partial charge < -0.3 is 5.32 Å². The van der Waals surface area contributed by atoms with E-state index in [0.717, 1.165) is 6.54 Å². The molecule has 0 saturated carbocycles. The molecule has 0 aromatic heterocycles. The van der Waals surface area contributed by atoms with E-state index in [0.29, 0.717) is 5.92 Å². The van der Waals surface area contributed by atoms with Crippen molar-refractivity contribution in [3.63, 3.8) is 0 Å². The van der Waals surface area contributed by atoms with Gasteiger partial charge in [-0.1, -0.05) is 26.0 Å². The van der Waals surface area contributed by atoms with Crippen LogP contribution in [0.2, 0.25) is 0 Å². The Morgan fingerprint density at radius 3 is 2.55 bits per heavy atom. The molecule has 0 aliphatic rings. The average Bonchev–Trinajstić information content (AvgIpc) is 2.03. The Hall–Kier alpha value is -0.980. The number of rotatable bonds is 3. The molecule has 0 aliphatic heterocycles. The molecular formula is C10H14N. The minimum Gasteiger partial charge on any atom is -0.385 e. The minimum absolute atomic E-state index is 0.694. The lowest BCUT2D eigenvalue weighted by molar-refractivity contribution is 0.689. The zero-order valence-corrected chi connectivity index (χ0v) is 7.09. The second-order valence-corrected chi connectivity index (χ2v) is 3.06. The fourth-order valence-electron chi connectivity index (χ4n) is 0.827. The number of anilines is 1. The third-order valence-electron chi connectivity index (χ3n) is 1.43. The van der Waals surface area contributed by atoms with E-state index in [9.17, 15) is 0 Å². The molecule has 1 rings (SSSR count). The predicted molar refractivity (Wildman–Crippen MR) is 48.6 cm³/mol. The third-order valence-corrected chi connectivity index (χ3v) is 1.43. The summed E-state index contributed by atoms with van der Waals surface area (Å²) < 4.78 is 0. The van der Waals surface area contributed by atoms with E-state index >= 15 is 0 Å². The largest absolute Gasteiger partial charge is 0.385 e. The summed E-state index contributed by atoms with van der Waals surface area (Å²) in [5.74, 6) is 0.694. The molecule has 0 unspecified atom stereocenters. The first-order valence-corrected chi connectivity index (χ1v) is 3.99. The van der Waals surface area contributed by atoms with E-state index < -0.39 is 0 Å². The first-order valence-electron chi connectivity index (χ1n) is 3.99. The van der Waals surface area contributed by atoms with Gasteiger partial charge in [0.25, 0.3) is 0 Å². The van der Waals surface area contributed by atoms with Crippen molar-refractivity contribution >= 4 is 5.69 Å². The van der Waals surface area contributed by atoms with Crippen molar-refractivity contribution in [1.29, 1.82) is 0 Å². The molecule has 0 spiro atoms. The van der Waals surface area contributed by atoms with E-state index in [1.54, 1.807) is 0 Å². The van der Waals surface area contributed by atoms with Crippen molar-refractivity contribution in [2.75, 3.05) is 11.9 Å². The monoisotopic (exact) mass is 148 g/mol. The Labute approximate surface area is 68.4 Å². The lowest BCUT2D eigenvalue weighted by Gasteiger charge is -2.07. The molecule has 0 fully saturated rings. The van der Waals surface area contributed by atoms with Gasteiger partial charge in [0.1, 0.15) is 0 Å². The maximum Gasteiger partial charge on any atom is 0.0340 e. The first-order chi connectivity index (χ1) is 5.29. The van der Waals surface area contributed by atoms with Crippen molar-refractivity contribution in [3.05, 3.63) is 30.3 Å². The quantitative estimate of drug-likeness (QED) is 0.694. The molecule has 0 bridgehead atoms. The van der Waals surface area contributed by atoms with Gasteiger partial charge in [-0.25, -0.2) is 0 Å². The molecule has 1 radical (unpaired) electrons. The smallest absolute Gasteiger partial charge is 0.0340 e. The van der Waals surface area contributed by atoms with Gasteiger partial charge in [0.2, 0.25) is 0 Å². The Morgan fingerprint density at radius 1 is 1.36 bits per heavy atom. The highest BCUT2D eigenvalue weighted by Crippen LogP contribution is 2.05. The highest BCUT2D eigenvalue weighted by atomic mass is 14.9. The van der Waals surface area contributed by atoms with E-state index in [4.69, 9.17) is 0 Å². The summed E-state index contributed by atoms with van der Waals surface area (Å²) in [6, 6.07) is 10.9. The zero-order valence-electron chi connectivity index (χ0n) is 7.09. The fourth-order valence-corrected chi connectivity index (χ4v) is 0.827. The number of hydrogen-bond acceptors (Lipinski definition) is 1. The lowest BCUT2D eigenvalue weighted by Crippen LogP contribution is -2.07. The molecule has 0 saturated heterocycles. The molecular weight excluding hydrogens is 134 g/mol. The summed E-state index contributed by atoms with van der Waals surface area (Å²) in [4.78, 5) is 0. The topological polar surface area (TPSA) is 12.0 Å². The molecule has 0 amide bonds. The van der Waals surface area contributed by atoms with Crippen LogP contribution in [-0.4, -0.2) is 6.54 Å². The van der Waals surface area contributed by atoms with Gasteiger partial charge in [0.15, 0.2) is 0 Å². The van der Waals surface area contributed by atoms with Gasteiger partial charge in [0, 0.05) is 12.2 Å². The van der Waals surface area contributed by atoms with E-state index in [1.807, 2.05) is 24.3 Å². The van der Waals surface area contributed by atoms with Gasteiger partial charge in [0.05, 0.1) is 0 Å². The van der Waals surface area contributed by atoms with Gasteiger partial charge in [-0.3, -0.25) is 0 Å². The van der Waals surface area contributed by atoms with Crippen molar-refractivity contribution in [2.45, 2.75) is 13.8 Å². The number of nitrogens with one attached hydrogen (secondary N) is 1. The Kier molecular flexibility index (Phi) is 2.96. The Morgan fingerprint density at radius 2 is 2.00 bits per heavy atom. The van der Waals surface area contributed by atoms with Gasteiger partial charge in [-0.05, 0) is 24.1 Å². The SMILES string of the molecule is CC(C)CNc1cc[c]cc1. The molecule has 11 heavy (non-hydrogen) atoms. The lowest BCUT2D eigenvalue weighted by atomic mass is 10.2. The standard InChI is InChI=1S/C10H14N/c1-9(2)8-11-10-6-4-3-5-7-10/h4-7,9,11H,8H2,1-2H3. The van der Waals surface area contributed by atoms with Crippen LogP contribution in [0.1, 0.15) is 13.8 Å². The van der Waals surface area contributed by atoms with Crippen LogP contribution >= 0.6 is 0 Å². The van der Waals surface area contributed by atoms with Crippen LogP contribution in [0.15, 0.2) is 24.3 Å². The third kappa shape index (κ3) is 3.08. The predicted octanol–water partition coefficient (Wildman–Crippen LogP) is 2.55.